The number of hydrogen-bond donors (Lipinski definition) is 1. The van der Waals surface area contributed by atoms with Gasteiger partial charge in [-0.25, -0.2) is 4.98 Å². The molecule has 0 aliphatic heterocycles. The van der Waals surface area contributed by atoms with E-state index in [-0.39, 0.29) is 22.4 Å². The second kappa shape index (κ2) is 5.15. The molecule has 24 heavy (non-hydrogen) atoms. The van der Waals surface area contributed by atoms with Crippen LogP contribution in [-0.2, 0) is 0 Å². The number of nitrogens with zero attached hydrogens (tertiary/aromatic N) is 2. The molecule has 4 bridgehead atoms. The summed E-state index contributed by atoms with van der Waals surface area (Å²) in [6.07, 6.45) is 11.0. The minimum Gasteiger partial charge on any atom is -0.351 e. The smallest absolute Gasteiger partial charge is 0.271 e. The van der Waals surface area contributed by atoms with Crippen LogP contribution in [0.2, 0.25) is 0 Å². The van der Waals surface area contributed by atoms with Crippen LogP contribution < -0.4 is 10.9 Å². The fourth-order valence-electron chi connectivity index (χ4n) is 5.85. The second-order valence-electron chi connectivity index (χ2n) is 8.13. The normalized spacial score (nSPS) is 33.9. The molecule has 4 aliphatic carbocycles. The summed E-state index contributed by atoms with van der Waals surface area (Å²) < 4.78 is 1.45. The molecule has 0 saturated heterocycles. The molecular formula is C18H21N3O2S. The van der Waals surface area contributed by atoms with E-state index >= 15 is 0 Å². The fourth-order valence-corrected chi connectivity index (χ4v) is 6.53. The first kappa shape index (κ1) is 14.6. The largest absolute Gasteiger partial charge is 0.351 e. The molecule has 2 aromatic rings. The molecule has 4 aliphatic rings. The molecule has 126 valence electrons. The van der Waals surface area contributed by atoms with Crippen molar-refractivity contribution in [2.45, 2.75) is 38.5 Å². The van der Waals surface area contributed by atoms with Gasteiger partial charge in [-0.1, -0.05) is 0 Å². The summed E-state index contributed by atoms with van der Waals surface area (Å²) in [5.41, 5.74) is 0.153. The maximum absolute atomic E-state index is 12.6. The average molecular weight is 343 g/mol. The summed E-state index contributed by atoms with van der Waals surface area (Å²) in [4.78, 5) is 29.8. The van der Waals surface area contributed by atoms with Gasteiger partial charge >= 0.3 is 0 Å². The molecule has 0 unspecified atom stereocenters. The molecule has 0 aromatic carbocycles. The van der Waals surface area contributed by atoms with Gasteiger partial charge in [-0.05, 0) is 61.7 Å². The number of rotatable bonds is 3. The van der Waals surface area contributed by atoms with Crippen molar-refractivity contribution in [1.29, 1.82) is 0 Å². The lowest BCUT2D eigenvalue weighted by molar-refractivity contribution is -0.0503. The number of carbonyl (C=O) groups is 1. The van der Waals surface area contributed by atoms with Crippen LogP contribution in [0.4, 0.5) is 0 Å². The van der Waals surface area contributed by atoms with Crippen molar-refractivity contribution in [2.24, 2.45) is 23.2 Å². The van der Waals surface area contributed by atoms with E-state index in [1.807, 2.05) is 0 Å². The number of aromatic nitrogens is 2. The van der Waals surface area contributed by atoms with Crippen LogP contribution in [0, 0.1) is 23.2 Å². The Labute approximate surface area is 144 Å². The first-order chi connectivity index (χ1) is 11.6. The number of nitrogens with one attached hydrogen (secondary N) is 1. The molecule has 6 rings (SSSR count). The number of hydrogen-bond acceptors (Lipinski definition) is 4. The molecule has 0 spiro atoms. The van der Waals surface area contributed by atoms with Crippen LogP contribution in [0.3, 0.4) is 0 Å². The van der Waals surface area contributed by atoms with Crippen LogP contribution in [0.1, 0.15) is 48.9 Å². The first-order valence-electron chi connectivity index (χ1n) is 8.85. The topological polar surface area (TPSA) is 63.5 Å². The van der Waals surface area contributed by atoms with Crippen molar-refractivity contribution in [3.05, 3.63) is 33.7 Å². The van der Waals surface area contributed by atoms with Crippen molar-refractivity contribution in [1.82, 2.24) is 14.7 Å². The lowest BCUT2D eigenvalue weighted by Crippen LogP contribution is -2.51. The second-order valence-corrected chi connectivity index (χ2v) is 9.01. The molecule has 0 radical (unpaired) electrons. The first-order valence-corrected chi connectivity index (χ1v) is 9.73. The molecule has 5 nitrogen and oxygen atoms in total. The van der Waals surface area contributed by atoms with Crippen molar-refractivity contribution in [2.75, 3.05) is 6.54 Å². The van der Waals surface area contributed by atoms with Crippen molar-refractivity contribution < 1.29 is 4.79 Å². The van der Waals surface area contributed by atoms with Gasteiger partial charge in [-0.2, -0.15) is 0 Å². The Morgan fingerprint density at radius 3 is 2.58 bits per heavy atom. The SMILES string of the molecule is O=C(NCC12CC3CC(CC(C3)C1)C2)c1cnc2sccn2c1=O. The van der Waals surface area contributed by atoms with Gasteiger partial charge in [0.1, 0.15) is 5.56 Å². The maximum Gasteiger partial charge on any atom is 0.271 e. The molecular weight excluding hydrogens is 322 g/mol. The van der Waals surface area contributed by atoms with E-state index < -0.39 is 0 Å². The lowest BCUT2D eigenvalue weighted by atomic mass is 9.49. The van der Waals surface area contributed by atoms with Gasteiger partial charge in [-0.3, -0.25) is 14.0 Å². The number of amides is 1. The van der Waals surface area contributed by atoms with E-state index in [1.165, 1.54) is 60.5 Å². The van der Waals surface area contributed by atoms with Gasteiger partial charge < -0.3 is 5.32 Å². The van der Waals surface area contributed by atoms with Crippen LogP contribution in [0.15, 0.2) is 22.6 Å². The number of carbonyl (C=O) groups excluding carboxylic acids is 1. The van der Waals surface area contributed by atoms with Gasteiger partial charge in [0.15, 0.2) is 4.96 Å². The van der Waals surface area contributed by atoms with Crippen molar-refractivity contribution in [3.63, 3.8) is 0 Å². The summed E-state index contributed by atoms with van der Waals surface area (Å²) >= 11 is 1.39. The van der Waals surface area contributed by atoms with Gasteiger partial charge in [0.25, 0.3) is 11.5 Å². The third kappa shape index (κ3) is 2.23. The van der Waals surface area contributed by atoms with Gasteiger partial charge in [0, 0.05) is 24.3 Å². The minimum atomic E-state index is -0.274. The summed E-state index contributed by atoms with van der Waals surface area (Å²) in [7, 11) is 0. The highest BCUT2D eigenvalue weighted by molar-refractivity contribution is 7.15. The summed E-state index contributed by atoms with van der Waals surface area (Å²) in [6.45, 7) is 0.709. The van der Waals surface area contributed by atoms with Gasteiger partial charge in [0.05, 0.1) is 0 Å². The van der Waals surface area contributed by atoms with Crippen LogP contribution in [-0.4, -0.2) is 21.8 Å². The zero-order chi connectivity index (χ0) is 16.3. The molecule has 2 heterocycles. The monoisotopic (exact) mass is 343 g/mol. The van der Waals surface area contributed by atoms with Crippen LogP contribution >= 0.6 is 11.3 Å². The highest BCUT2D eigenvalue weighted by atomic mass is 32.1. The summed E-state index contributed by atoms with van der Waals surface area (Å²) in [5.74, 6) is 2.32. The minimum absolute atomic E-state index is 0.149. The maximum atomic E-state index is 12.6. The van der Waals surface area contributed by atoms with E-state index in [2.05, 4.69) is 10.3 Å². The Morgan fingerprint density at radius 2 is 1.92 bits per heavy atom. The Balaban J connectivity index is 1.35. The van der Waals surface area contributed by atoms with E-state index in [4.69, 9.17) is 0 Å². The lowest BCUT2D eigenvalue weighted by Gasteiger charge is -2.56. The molecule has 0 atom stereocenters. The predicted octanol–water partition coefficient (Wildman–Crippen LogP) is 2.70. The molecule has 2 aromatic heterocycles. The van der Waals surface area contributed by atoms with E-state index in [0.29, 0.717) is 11.5 Å². The highest BCUT2D eigenvalue weighted by Crippen LogP contribution is 2.59. The molecule has 4 fully saturated rings. The Morgan fingerprint density at radius 1 is 1.25 bits per heavy atom. The van der Waals surface area contributed by atoms with Crippen LogP contribution in [0.5, 0.6) is 0 Å². The Kier molecular flexibility index (Phi) is 3.14. The predicted molar refractivity (Wildman–Crippen MR) is 92.3 cm³/mol. The Bertz CT molecular complexity index is 833. The molecule has 6 heteroatoms. The number of fused-ring (bicyclic) bond motifs is 1. The number of thiazole rings is 1. The Hall–Kier alpha value is -1.69. The van der Waals surface area contributed by atoms with Gasteiger partial charge in [-0.15, -0.1) is 11.3 Å². The summed E-state index contributed by atoms with van der Waals surface area (Å²) in [5, 5.41) is 4.87. The zero-order valence-electron chi connectivity index (χ0n) is 13.5. The van der Waals surface area contributed by atoms with E-state index in [0.717, 1.165) is 17.8 Å². The summed E-state index contributed by atoms with van der Waals surface area (Å²) in [6, 6.07) is 0. The fraction of sp³-hybridized carbons (Fsp3) is 0.611. The third-order valence-electron chi connectivity index (χ3n) is 6.38. The van der Waals surface area contributed by atoms with E-state index in [9.17, 15) is 9.59 Å². The van der Waals surface area contributed by atoms with Crippen molar-refractivity contribution in [3.8, 4) is 0 Å². The average Bonchev–Trinajstić information content (AvgIpc) is 3.01. The third-order valence-corrected chi connectivity index (χ3v) is 7.15. The van der Waals surface area contributed by atoms with Gasteiger partial charge in [0.2, 0.25) is 0 Å². The zero-order valence-corrected chi connectivity index (χ0v) is 14.3. The molecule has 4 saturated carbocycles. The quantitative estimate of drug-likeness (QED) is 0.932. The van der Waals surface area contributed by atoms with E-state index in [1.54, 1.807) is 11.6 Å². The molecule has 1 amide bonds. The standard InChI is InChI=1S/C18H21N3O2S/c22-15(14-9-19-17-21(16(14)23)1-2-24-17)20-10-18-6-11-3-12(7-18)5-13(4-11)8-18/h1-2,9,11-13H,3-8,10H2,(H,20,22). The molecule has 1 N–H and O–H groups in total. The van der Waals surface area contributed by atoms with Crippen LogP contribution in [0.25, 0.3) is 4.96 Å². The van der Waals surface area contributed by atoms with Crippen molar-refractivity contribution >= 4 is 22.2 Å². The highest BCUT2D eigenvalue weighted by Gasteiger charge is 2.50.